The van der Waals surface area contributed by atoms with Crippen molar-refractivity contribution < 1.29 is 4.79 Å². The number of hydrogen-bond donors (Lipinski definition) is 0. The van der Waals surface area contributed by atoms with Crippen molar-refractivity contribution in [2.45, 2.75) is 0 Å². The largest absolute Gasteiger partial charge is 0.289 e. The molecule has 1 aliphatic rings. The zero-order valence-electron chi connectivity index (χ0n) is 8.53. The van der Waals surface area contributed by atoms with Gasteiger partial charge in [-0.2, -0.15) is 0 Å². The molecule has 0 unspecified atom stereocenters. The van der Waals surface area contributed by atoms with Gasteiger partial charge in [-0.1, -0.05) is 36.4 Å². The number of rotatable bonds is 0. The van der Waals surface area contributed by atoms with E-state index in [1.165, 1.54) is 0 Å². The Labute approximate surface area is 94.7 Å². The fourth-order valence-electron chi connectivity index (χ4n) is 2.22. The summed E-state index contributed by atoms with van der Waals surface area (Å²) >= 11 is 0. The molecule has 0 heterocycles. The third-order valence-electron chi connectivity index (χ3n) is 2.94. The highest BCUT2D eigenvalue weighted by Crippen LogP contribution is 2.39. The maximum atomic E-state index is 12.2. The molecule has 1 heteroatoms. The van der Waals surface area contributed by atoms with E-state index in [0.717, 1.165) is 11.1 Å². The molecular formula is C15H8O. The summed E-state index contributed by atoms with van der Waals surface area (Å²) in [7, 11) is 0. The van der Waals surface area contributed by atoms with Gasteiger partial charge in [-0.15, -0.1) is 0 Å². The Bertz CT molecular complexity index is 555. The van der Waals surface area contributed by atoms with E-state index in [1.807, 2.05) is 24.3 Å². The summed E-state index contributed by atoms with van der Waals surface area (Å²) in [6.45, 7) is 11.7. The van der Waals surface area contributed by atoms with E-state index in [0.29, 0.717) is 22.3 Å². The standard InChI is InChI=1S/C15H8O/c1-9-5-3-7-11-12-8-4-6-10(2)14(12)15(16)13(9)11/h1-8H. The maximum Gasteiger partial charge on any atom is 0.194 e. The summed E-state index contributed by atoms with van der Waals surface area (Å²) in [4.78, 5) is 12.2. The second-order valence-corrected chi connectivity index (χ2v) is 3.87. The van der Waals surface area contributed by atoms with Crippen LogP contribution in [0.4, 0.5) is 0 Å². The zero-order chi connectivity index (χ0) is 11.3. The molecule has 0 saturated heterocycles. The number of fused-ring (bicyclic) bond motifs is 3. The first kappa shape index (κ1) is 9.34. The molecule has 16 heavy (non-hydrogen) atoms. The third kappa shape index (κ3) is 1.03. The van der Waals surface area contributed by atoms with Crippen LogP contribution in [0.5, 0.6) is 0 Å². The van der Waals surface area contributed by atoms with Crippen LogP contribution >= 0.6 is 0 Å². The Morgan fingerprint density at radius 2 is 1.19 bits per heavy atom. The van der Waals surface area contributed by atoms with E-state index in [4.69, 9.17) is 13.8 Å². The van der Waals surface area contributed by atoms with Gasteiger partial charge in [0.05, 0.1) is 0 Å². The highest BCUT2D eigenvalue weighted by Gasteiger charge is 2.28. The smallest absolute Gasteiger partial charge is 0.194 e. The average molecular weight is 204 g/mol. The van der Waals surface area contributed by atoms with E-state index in [2.05, 4.69) is 0 Å². The molecule has 0 aromatic heterocycles. The fourth-order valence-corrected chi connectivity index (χ4v) is 2.22. The van der Waals surface area contributed by atoms with Crippen molar-refractivity contribution in [2.24, 2.45) is 0 Å². The summed E-state index contributed by atoms with van der Waals surface area (Å²) in [5, 5.41) is 0. The van der Waals surface area contributed by atoms with Gasteiger partial charge >= 0.3 is 0 Å². The molecule has 0 bridgehead atoms. The predicted molar refractivity (Wildman–Crippen MR) is 62.1 cm³/mol. The van der Waals surface area contributed by atoms with Gasteiger partial charge in [-0.25, -0.2) is 0 Å². The molecule has 0 amide bonds. The van der Waals surface area contributed by atoms with E-state index in [-0.39, 0.29) is 5.78 Å². The molecule has 0 spiro atoms. The van der Waals surface area contributed by atoms with Gasteiger partial charge < -0.3 is 0 Å². The van der Waals surface area contributed by atoms with Gasteiger partial charge in [0, 0.05) is 11.1 Å². The van der Waals surface area contributed by atoms with E-state index >= 15 is 0 Å². The highest BCUT2D eigenvalue weighted by atomic mass is 16.1. The molecular weight excluding hydrogens is 196 g/mol. The Morgan fingerprint density at radius 3 is 1.62 bits per heavy atom. The quantitative estimate of drug-likeness (QED) is 0.550. The molecule has 0 aliphatic heterocycles. The molecule has 0 saturated carbocycles. The van der Waals surface area contributed by atoms with Crippen LogP contribution in [0.3, 0.4) is 0 Å². The minimum Gasteiger partial charge on any atom is -0.289 e. The normalized spacial score (nSPS) is 12.5. The third-order valence-corrected chi connectivity index (χ3v) is 2.94. The summed E-state index contributed by atoms with van der Waals surface area (Å²) in [5.41, 5.74) is 3.95. The minimum atomic E-state index is -0.0683. The van der Waals surface area contributed by atoms with Crippen LogP contribution in [0, 0.1) is 13.8 Å². The predicted octanol–water partition coefficient (Wildman–Crippen LogP) is 3.02. The van der Waals surface area contributed by atoms with Crippen LogP contribution in [0.25, 0.3) is 11.1 Å². The van der Waals surface area contributed by atoms with Crippen molar-refractivity contribution >= 4 is 5.78 Å². The molecule has 2 aromatic carbocycles. The first-order valence-corrected chi connectivity index (χ1v) is 5.02. The number of ketones is 1. The van der Waals surface area contributed by atoms with Crippen LogP contribution < -0.4 is 0 Å². The van der Waals surface area contributed by atoms with Crippen LogP contribution in [0.15, 0.2) is 36.4 Å². The van der Waals surface area contributed by atoms with Gasteiger partial charge in [0.1, 0.15) is 0 Å². The highest BCUT2D eigenvalue weighted by molar-refractivity contribution is 6.23. The van der Waals surface area contributed by atoms with Crippen molar-refractivity contribution in [1.82, 2.24) is 0 Å². The van der Waals surface area contributed by atoms with Crippen LogP contribution in [0.1, 0.15) is 27.0 Å². The van der Waals surface area contributed by atoms with E-state index in [1.54, 1.807) is 12.1 Å². The lowest BCUT2D eigenvalue weighted by Gasteiger charge is -2.01. The number of hydrogen-bond acceptors (Lipinski definition) is 1. The topological polar surface area (TPSA) is 17.1 Å². The lowest BCUT2D eigenvalue weighted by Crippen LogP contribution is -1.99. The molecule has 74 valence electrons. The SMILES string of the molecule is [CH]c1cccc2c1C(=O)c1c([CH])cccc1-2. The minimum absolute atomic E-state index is 0.0683. The van der Waals surface area contributed by atoms with Crippen molar-refractivity contribution in [1.29, 1.82) is 0 Å². The Kier molecular flexibility index (Phi) is 1.78. The molecule has 0 fully saturated rings. The van der Waals surface area contributed by atoms with Gasteiger partial charge in [0.2, 0.25) is 0 Å². The summed E-state index contributed by atoms with van der Waals surface area (Å²) in [6, 6.07) is 11.0. The number of carbonyl (C=O) groups excluding carboxylic acids is 1. The van der Waals surface area contributed by atoms with Crippen molar-refractivity contribution in [3.8, 4) is 11.1 Å². The number of carbonyl (C=O) groups is 1. The van der Waals surface area contributed by atoms with Crippen molar-refractivity contribution in [2.75, 3.05) is 0 Å². The van der Waals surface area contributed by atoms with E-state index < -0.39 is 0 Å². The maximum absolute atomic E-state index is 12.2. The van der Waals surface area contributed by atoms with Crippen molar-refractivity contribution in [3.05, 3.63) is 72.5 Å². The van der Waals surface area contributed by atoms with Gasteiger partial charge in [0.15, 0.2) is 5.78 Å². The first-order chi connectivity index (χ1) is 7.70. The Morgan fingerprint density at radius 1 is 0.750 bits per heavy atom. The van der Waals surface area contributed by atoms with Crippen LogP contribution in [0.2, 0.25) is 0 Å². The molecule has 2 aromatic rings. The Balaban J connectivity index is 2.44. The van der Waals surface area contributed by atoms with Gasteiger partial charge in [0.25, 0.3) is 0 Å². The second-order valence-electron chi connectivity index (χ2n) is 3.87. The summed E-state index contributed by atoms with van der Waals surface area (Å²) < 4.78 is 0. The second kappa shape index (κ2) is 3.05. The fraction of sp³-hybridized carbons (Fsp3) is 0. The van der Waals surface area contributed by atoms with Gasteiger partial charge in [-0.3, -0.25) is 4.79 Å². The first-order valence-electron chi connectivity index (χ1n) is 5.02. The van der Waals surface area contributed by atoms with E-state index in [9.17, 15) is 4.79 Å². The molecule has 1 aliphatic carbocycles. The van der Waals surface area contributed by atoms with Gasteiger partial charge in [-0.05, 0) is 36.1 Å². The number of benzene rings is 2. The summed E-state index contributed by atoms with van der Waals surface area (Å²) in [6.07, 6.45) is 0. The zero-order valence-corrected chi connectivity index (χ0v) is 8.53. The van der Waals surface area contributed by atoms with Crippen LogP contribution in [-0.2, 0) is 0 Å². The molecule has 3 rings (SSSR count). The molecule has 0 N–H and O–H groups in total. The summed E-state index contributed by atoms with van der Waals surface area (Å²) in [5.74, 6) is -0.0683. The Hall–Kier alpha value is -1.89. The average Bonchev–Trinajstić information content (AvgIpc) is 2.56. The lowest BCUT2D eigenvalue weighted by atomic mass is 10.0. The lowest BCUT2D eigenvalue weighted by molar-refractivity contribution is 0.104. The molecule has 4 radical (unpaired) electrons. The monoisotopic (exact) mass is 204 g/mol. The molecule has 0 atom stereocenters. The molecule has 1 nitrogen and oxygen atoms in total. The van der Waals surface area contributed by atoms with Crippen LogP contribution in [-0.4, -0.2) is 5.78 Å². The van der Waals surface area contributed by atoms with Crippen molar-refractivity contribution in [3.63, 3.8) is 0 Å².